The van der Waals surface area contributed by atoms with Crippen LogP contribution >= 0.6 is 0 Å². The third-order valence-electron chi connectivity index (χ3n) is 4.79. The van der Waals surface area contributed by atoms with E-state index in [1.54, 1.807) is 0 Å². The largest absolute Gasteiger partial charge is 0.493 e. The molecule has 0 spiro atoms. The van der Waals surface area contributed by atoms with Crippen LogP contribution in [0.25, 0.3) is 0 Å². The van der Waals surface area contributed by atoms with Gasteiger partial charge in [-0.05, 0) is 81.1 Å². The molecule has 2 aliphatic rings. The summed E-state index contributed by atoms with van der Waals surface area (Å²) in [6.45, 7) is 3.25. The molecule has 1 fully saturated rings. The lowest BCUT2D eigenvalue weighted by Gasteiger charge is -2.20. The highest BCUT2D eigenvalue weighted by Gasteiger charge is 2.15. The summed E-state index contributed by atoms with van der Waals surface area (Å²) in [7, 11) is 0. The fourth-order valence-electron chi connectivity index (χ4n) is 3.55. The number of benzene rings is 1. The van der Waals surface area contributed by atoms with Gasteiger partial charge in [0.25, 0.3) is 0 Å². The van der Waals surface area contributed by atoms with Gasteiger partial charge in [0.15, 0.2) is 0 Å². The highest BCUT2D eigenvalue weighted by Crippen LogP contribution is 2.29. The van der Waals surface area contributed by atoms with Crippen molar-refractivity contribution in [2.45, 2.75) is 51.4 Å². The predicted octanol–water partition coefficient (Wildman–Crippen LogP) is 3.72. The van der Waals surface area contributed by atoms with Gasteiger partial charge in [-0.25, -0.2) is 0 Å². The first kappa shape index (κ1) is 13.9. The molecule has 0 aromatic heterocycles. The summed E-state index contributed by atoms with van der Waals surface area (Å²) in [6, 6.07) is 6.60. The molecule has 0 bridgehead atoms. The summed E-state index contributed by atoms with van der Waals surface area (Å²) < 4.78 is 6.12. The zero-order valence-corrected chi connectivity index (χ0v) is 12.5. The molecule has 20 heavy (non-hydrogen) atoms. The minimum absolute atomic E-state index is 0.803. The van der Waals surface area contributed by atoms with Crippen LogP contribution in [0.4, 0.5) is 0 Å². The molecule has 1 N–H and O–H groups in total. The van der Waals surface area contributed by atoms with E-state index >= 15 is 0 Å². The van der Waals surface area contributed by atoms with Crippen molar-refractivity contribution < 1.29 is 4.74 Å². The van der Waals surface area contributed by atoms with Crippen LogP contribution in [0, 0.1) is 5.92 Å². The van der Waals surface area contributed by atoms with Crippen molar-refractivity contribution in [2.75, 3.05) is 19.7 Å². The number of rotatable bonds is 4. The number of aryl methyl sites for hydroxylation is 1. The van der Waals surface area contributed by atoms with Gasteiger partial charge < -0.3 is 10.1 Å². The molecule has 1 aromatic carbocycles. The van der Waals surface area contributed by atoms with E-state index in [2.05, 4.69) is 23.5 Å². The first-order chi connectivity index (χ1) is 9.93. The van der Waals surface area contributed by atoms with Crippen molar-refractivity contribution >= 4 is 0 Å². The van der Waals surface area contributed by atoms with E-state index in [9.17, 15) is 0 Å². The minimum atomic E-state index is 0.803. The van der Waals surface area contributed by atoms with Gasteiger partial charge in [0, 0.05) is 0 Å². The molecule has 1 saturated heterocycles. The maximum Gasteiger partial charge on any atom is 0.122 e. The van der Waals surface area contributed by atoms with Gasteiger partial charge >= 0.3 is 0 Å². The fraction of sp³-hybridized carbons (Fsp3) is 0.667. The molecule has 1 aromatic rings. The van der Waals surface area contributed by atoms with Crippen LogP contribution in [0.15, 0.2) is 18.2 Å². The van der Waals surface area contributed by atoms with Gasteiger partial charge in [0.05, 0.1) is 6.61 Å². The lowest BCUT2D eigenvalue weighted by Crippen LogP contribution is -2.22. The minimum Gasteiger partial charge on any atom is -0.493 e. The highest BCUT2D eigenvalue weighted by molar-refractivity contribution is 5.41. The molecule has 0 amide bonds. The third-order valence-corrected chi connectivity index (χ3v) is 4.79. The molecule has 1 aliphatic carbocycles. The molecule has 3 rings (SSSR count). The summed E-state index contributed by atoms with van der Waals surface area (Å²) >= 11 is 0. The van der Waals surface area contributed by atoms with E-state index in [0.717, 1.165) is 18.3 Å². The molecule has 2 heteroatoms. The van der Waals surface area contributed by atoms with Gasteiger partial charge in [-0.3, -0.25) is 0 Å². The number of hydrogen-bond donors (Lipinski definition) is 1. The summed E-state index contributed by atoms with van der Waals surface area (Å²) in [4.78, 5) is 0. The van der Waals surface area contributed by atoms with Gasteiger partial charge in [-0.2, -0.15) is 0 Å². The number of hydrogen-bond acceptors (Lipinski definition) is 2. The monoisotopic (exact) mass is 273 g/mol. The molecule has 0 saturated carbocycles. The normalized spacial score (nSPS) is 22.9. The molecule has 110 valence electrons. The molecule has 1 unspecified atom stereocenters. The Hall–Kier alpha value is -1.02. The Labute approximate surface area is 122 Å². The van der Waals surface area contributed by atoms with E-state index in [-0.39, 0.29) is 0 Å². The zero-order valence-electron chi connectivity index (χ0n) is 12.5. The lowest BCUT2D eigenvalue weighted by molar-refractivity contribution is 0.269. The van der Waals surface area contributed by atoms with Gasteiger partial charge in [-0.1, -0.05) is 18.6 Å². The summed E-state index contributed by atoms with van der Waals surface area (Å²) in [5, 5.41) is 3.54. The Morgan fingerprint density at radius 2 is 2.05 bits per heavy atom. The van der Waals surface area contributed by atoms with Crippen LogP contribution in [0.3, 0.4) is 0 Å². The Morgan fingerprint density at radius 3 is 3.05 bits per heavy atom. The number of nitrogens with one attached hydrogen (secondary N) is 1. The first-order valence-corrected chi connectivity index (χ1v) is 8.38. The van der Waals surface area contributed by atoms with Crippen molar-refractivity contribution in [3.63, 3.8) is 0 Å². The molecular formula is C18H27NO. The molecule has 1 atom stereocenters. The van der Waals surface area contributed by atoms with Gasteiger partial charge in [-0.15, -0.1) is 0 Å². The van der Waals surface area contributed by atoms with E-state index in [0.29, 0.717) is 0 Å². The lowest BCUT2D eigenvalue weighted by atomic mass is 9.91. The van der Waals surface area contributed by atoms with E-state index in [1.165, 1.54) is 75.6 Å². The second-order valence-corrected chi connectivity index (χ2v) is 6.30. The van der Waals surface area contributed by atoms with Crippen molar-refractivity contribution in [3.8, 4) is 5.75 Å². The van der Waals surface area contributed by atoms with Crippen LogP contribution < -0.4 is 10.1 Å². The van der Waals surface area contributed by atoms with Crippen molar-refractivity contribution in [2.24, 2.45) is 5.92 Å². The summed E-state index contributed by atoms with van der Waals surface area (Å²) in [6.07, 6.45) is 10.4. The molecule has 2 nitrogen and oxygen atoms in total. The van der Waals surface area contributed by atoms with E-state index in [1.807, 2.05) is 0 Å². The average Bonchev–Trinajstić information content (AvgIpc) is 2.76. The standard InChI is InChI=1S/C18H27NO/c1-2-9-17-16(7-1)8-5-10-18(17)20-13-11-15-6-3-4-12-19-14-15/h5,8,10,15,19H,1-4,6-7,9,11-14H2. The predicted molar refractivity (Wildman–Crippen MR) is 83.4 cm³/mol. The fourth-order valence-corrected chi connectivity index (χ4v) is 3.55. The Balaban J connectivity index is 1.53. The smallest absolute Gasteiger partial charge is 0.122 e. The van der Waals surface area contributed by atoms with Gasteiger partial charge in [0.2, 0.25) is 0 Å². The summed E-state index contributed by atoms with van der Waals surface area (Å²) in [5.74, 6) is 1.96. The van der Waals surface area contributed by atoms with E-state index < -0.39 is 0 Å². The summed E-state index contributed by atoms with van der Waals surface area (Å²) in [5.41, 5.74) is 3.00. The molecule has 1 heterocycles. The van der Waals surface area contributed by atoms with Gasteiger partial charge in [0.1, 0.15) is 5.75 Å². The molecule has 0 radical (unpaired) electrons. The highest BCUT2D eigenvalue weighted by atomic mass is 16.5. The van der Waals surface area contributed by atoms with Crippen LogP contribution in [0.2, 0.25) is 0 Å². The average molecular weight is 273 g/mol. The zero-order chi connectivity index (χ0) is 13.6. The van der Waals surface area contributed by atoms with Crippen LogP contribution in [0.1, 0.15) is 49.7 Å². The van der Waals surface area contributed by atoms with Crippen LogP contribution in [-0.2, 0) is 12.8 Å². The quantitative estimate of drug-likeness (QED) is 0.902. The Bertz CT molecular complexity index is 421. The Kier molecular flexibility index (Phi) is 4.96. The van der Waals surface area contributed by atoms with Crippen molar-refractivity contribution in [1.82, 2.24) is 5.32 Å². The van der Waals surface area contributed by atoms with Crippen molar-refractivity contribution in [1.29, 1.82) is 0 Å². The number of fused-ring (bicyclic) bond motifs is 1. The second-order valence-electron chi connectivity index (χ2n) is 6.30. The van der Waals surface area contributed by atoms with Crippen molar-refractivity contribution in [3.05, 3.63) is 29.3 Å². The SMILES string of the molecule is c1cc2c(c(OCCC3CCCCNC3)c1)CCCC2. The second kappa shape index (κ2) is 7.12. The van der Waals surface area contributed by atoms with Crippen LogP contribution in [0.5, 0.6) is 5.75 Å². The maximum absolute atomic E-state index is 6.12. The van der Waals surface area contributed by atoms with Crippen LogP contribution in [-0.4, -0.2) is 19.7 Å². The third kappa shape index (κ3) is 3.54. The molecular weight excluding hydrogens is 246 g/mol. The Morgan fingerprint density at radius 1 is 1.10 bits per heavy atom. The first-order valence-electron chi connectivity index (χ1n) is 8.38. The van der Waals surface area contributed by atoms with E-state index in [4.69, 9.17) is 4.74 Å². The number of ether oxygens (including phenoxy) is 1. The molecule has 1 aliphatic heterocycles. The maximum atomic E-state index is 6.12. The topological polar surface area (TPSA) is 21.3 Å².